The Morgan fingerprint density at radius 2 is 1.79 bits per heavy atom. The van der Waals surface area contributed by atoms with Gasteiger partial charge in [-0.1, -0.05) is 44.2 Å². The van der Waals surface area contributed by atoms with Crippen molar-refractivity contribution in [1.29, 1.82) is 0 Å². The van der Waals surface area contributed by atoms with Gasteiger partial charge in [-0.05, 0) is 24.3 Å². The first-order chi connectivity index (χ1) is 6.52. The highest BCUT2D eigenvalue weighted by Gasteiger charge is 2.20. The Bertz CT molecular complexity index is 298. The van der Waals surface area contributed by atoms with E-state index < -0.39 is 0 Å². The molecule has 0 amide bonds. The highest BCUT2D eigenvalue weighted by Crippen LogP contribution is 2.27. The Hall–Kier alpha value is -1.11. The highest BCUT2D eigenvalue weighted by molar-refractivity contribution is 5.75. The van der Waals surface area contributed by atoms with Gasteiger partial charge in [0.2, 0.25) is 0 Å². The summed E-state index contributed by atoms with van der Waals surface area (Å²) in [6.45, 7) is 6.03. The lowest BCUT2D eigenvalue weighted by Crippen LogP contribution is -2.18. The van der Waals surface area contributed by atoms with Crippen LogP contribution in [-0.4, -0.2) is 5.78 Å². The molecule has 76 valence electrons. The van der Waals surface area contributed by atoms with E-state index in [2.05, 4.69) is 26.0 Å². The summed E-state index contributed by atoms with van der Waals surface area (Å²) in [6.07, 6.45) is 1.59. The third-order valence-electron chi connectivity index (χ3n) is 2.66. The van der Waals surface area contributed by atoms with E-state index in [0.717, 1.165) is 6.42 Å². The Morgan fingerprint density at radius 1 is 1.21 bits per heavy atom. The standard InChI is InChI=1S/C13H18O/c1-11(14)9-10-13(2,3)12-7-5-4-6-8-12/h4-8H,9-10H2,1-3H3. The number of ketones is 1. The first-order valence-corrected chi connectivity index (χ1v) is 5.07. The lowest BCUT2D eigenvalue weighted by atomic mass is 9.80. The van der Waals surface area contributed by atoms with Crippen molar-refractivity contribution in [3.05, 3.63) is 35.9 Å². The zero-order chi connectivity index (χ0) is 10.6. The highest BCUT2D eigenvalue weighted by atomic mass is 16.1. The minimum atomic E-state index is 0.104. The minimum absolute atomic E-state index is 0.104. The molecule has 0 aromatic heterocycles. The topological polar surface area (TPSA) is 17.1 Å². The van der Waals surface area contributed by atoms with Crippen LogP contribution in [0.1, 0.15) is 39.2 Å². The molecule has 1 nitrogen and oxygen atoms in total. The first-order valence-electron chi connectivity index (χ1n) is 5.07. The Labute approximate surface area is 86.1 Å². The van der Waals surface area contributed by atoms with Gasteiger partial charge in [0, 0.05) is 6.42 Å². The SMILES string of the molecule is CC(=O)CCC(C)(C)c1ccccc1. The molecular formula is C13H18O. The lowest BCUT2D eigenvalue weighted by molar-refractivity contribution is -0.117. The Balaban J connectivity index is 2.70. The van der Waals surface area contributed by atoms with Gasteiger partial charge in [0.1, 0.15) is 5.78 Å². The molecule has 0 unspecified atom stereocenters. The maximum absolute atomic E-state index is 10.9. The van der Waals surface area contributed by atoms with E-state index in [9.17, 15) is 4.79 Å². The van der Waals surface area contributed by atoms with Crippen molar-refractivity contribution in [2.45, 2.75) is 39.0 Å². The van der Waals surface area contributed by atoms with Crippen LogP contribution in [0.15, 0.2) is 30.3 Å². The second-order valence-corrected chi connectivity index (χ2v) is 4.45. The zero-order valence-corrected chi connectivity index (χ0v) is 9.21. The summed E-state index contributed by atoms with van der Waals surface area (Å²) < 4.78 is 0. The van der Waals surface area contributed by atoms with E-state index in [1.54, 1.807) is 6.92 Å². The van der Waals surface area contributed by atoms with E-state index in [1.165, 1.54) is 5.56 Å². The number of carbonyl (C=O) groups excluding carboxylic acids is 1. The molecule has 0 aliphatic carbocycles. The second-order valence-electron chi connectivity index (χ2n) is 4.45. The average Bonchev–Trinajstić information content (AvgIpc) is 2.16. The molecule has 1 aromatic carbocycles. The average molecular weight is 190 g/mol. The first kappa shape index (κ1) is 11.0. The zero-order valence-electron chi connectivity index (χ0n) is 9.21. The summed E-state index contributed by atoms with van der Waals surface area (Å²) in [4.78, 5) is 10.9. The Morgan fingerprint density at radius 3 is 2.29 bits per heavy atom. The summed E-state index contributed by atoms with van der Waals surface area (Å²) >= 11 is 0. The molecule has 1 rings (SSSR count). The van der Waals surface area contributed by atoms with Crippen LogP contribution in [0.3, 0.4) is 0 Å². The smallest absolute Gasteiger partial charge is 0.129 e. The largest absolute Gasteiger partial charge is 0.300 e. The molecular weight excluding hydrogens is 172 g/mol. The van der Waals surface area contributed by atoms with Crippen LogP contribution in [-0.2, 0) is 10.2 Å². The van der Waals surface area contributed by atoms with Crippen molar-refractivity contribution in [2.24, 2.45) is 0 Å². The molecule has 0 spiro atoms. The lowest BCUT2D eigenvalue weighted by Gasteiger charge is -2.24. The van der Waals surface area contributed by atoms with Crippen LogP contribution >= 0.6 is 0 Å². The molecule has 1 heteroatoms. The van der Waals surface area contributed by atoms with Gasteiger partial charge in [-0.2, -0.15) is 0 Å². The van der Waals surface area contributed by atoms with Crippen molar-refractivity contribution < 1.29 is 4.79 Å². The van der Waals surface area contributed by atoms with Gasteiger partial charge >= 0.3 is 0 Å². The maximum atomic E-state index is 10.9. The van der Waals surface area contributed by atoms with Gasteiger partial charge in [-0.3, -0.25) is 0 Å². The van der Waals surface area contributed by atoms with Crippen LogP contribution in [0.25, 0.3) is 0 Å². The molecule has 1 aromatic rings. The van der Waals surface area contributed by atoms with Crippen molar-refractivity contribution >= 4 is 5.78 Å². The minimum Gasteiger partial charge on any atom is -0.300 e. The quantitative estimate of drug-likeness (QED) is 0.711. The maximum Gasteiger partial charge on any atom is 0.129 e. The fraction of sp³-hybridized carbons (Fsp3) is 0.462. The number of hydrogen-bond donors (Lipinski definition) is 0. The Kier molecular flexibility index (Phi) is 3.45. The number of carbonyl (C=O) groups is 1. The number of hydrogen-bond acceptors (Lipinski definition) is 1. The fourth-order valence-electron chi connectivity index (χ4n) is 1.52. The van der Waals surface area contributed by atoms with Crippen molar-refractivity contribution in [3.8, 4) is 0 Å². The molecule has 0 aliphatic heterocycles. The molecule has 0 heterocycles. The van der Waals surface area contributed by atoms with Gasteiger partial charge < -0.3 is 4.79 Å². The summed E-state index contributed by atoms with van der Waals surface area (Å²) in [5.74, 6) is 0.272. The molecule has 0 N–H and O–H groups in total. The fourth-order valence-corrected chi connectivity index (χ4v) is 1.52. The van der Waals surface area contributed by atoms with E-state index in [0.29, 0.717) is 6.42 Å². The van der Waals surface area contributed by atoms with Gasteiger partial charge in [-0.25, -0.2) is 0 Å². The number of rotatable bonds is 4. The van der Waals surface area contributed by atoms with E-state index in [1.807, 2.05) is 18.2 Å². The normalized spacial score (nSPS) is 11.4. The van der Waals surface area contributed by atoms with Crippen molar-refractivity contribution in [2.75, 3.05) is 0 Å². The monoisotopic (exact) mass is 190 g/mol. The summed E-state index contributed by atoms with van der Waals surface area (Å²) in [7, 11) is 0. The molecule has 0 radical (unpaired) electrons. The molecule has 0 aliphatic rings. The molecule has 0 fully saturated rings. The number of benzene rings is 1. The molecule has 0 saturated heterocycles. The predicted octanol–water partition coefficient (Wildman–Crippen LogP) is 3.33. The van der Waals surface area contributed by atoms with Crippen LogP contribution in [0.4, 0.5) is 0 Å². The third kappa shape index (κ3) is 2.99. The molecule has 0 atom stereocenters. The summed E-state index contributed by atoms with van der Waals surface area (Å²) in [5.41, 5.74) is 1.41. The number of Topliss-reactive ketones (excluding diaryl/α,β-unsaturated/α-hetero) is 1. The molecule has 14 heavy (non-hydrogen) atoms. The summed E-state index contributed by atoms with van der Waals surface area (Å²) in [5, 5.41) is 0. The van der Waals surface area contributed by atoms with Crippen molar-refractivity contribution in [3.63, 3.8) is 0 Å². The van der Waals surface area contributed by atoms with Crippen LogP contribution in [0, 0.1) is 0 Å². The van der Waals surface area contributed by atoms with E-state index in [4.69, 9.17) is 0 Å². The molecule has 0 bridgehead atoms. The van der Waals surface area contributed by atoms with Crippen molar-refractivity contribution in [1.82, 2.24) is 0 Å². The van der Waals surface area contributed by atoms with Gasteiger partial charge in [-0.15, -0.1) is 0 Å². The van der Waals surface area contributed by atoms with Gasteiger partial charge in [0.05, 0.1) is 0 Å². The molecule has 0 saturated carbocycles. The third-order valence-corrected chi connectivity index (χ3v) is 2.66. The summed E-state index contributed by atoms with van der Waals surface area (Å²) in [6, 6.07) is 10.4. The van der Waals surface area contributed by atoms with Gasteiger partial charge in [0.15, 0.2) is 0 Å². The van der Waals surface area contributed by atoms with Crippen LogP contribution in [0.2, 0.25) is 0 Å². The van der Waals surface area contributed by atoms with E-state index >= 15 is 0 Å². The van der Waals surface area contributed by atoms with Crippen LogP contribution in [0.5, 0.6) is 0 Å². The predicted molar refractivity (Wildman–Crippen MR) is 59.4 cm³/mol. The second kappa shape index (κ2) is 4.41. The van der Waals surface area contributed by atoms with Gasteiger partial charge in [0.25, 0.3) is 0 Å². The van der Waals surface area contributed by atoms with Crippen LogP contribution < -0.4 is 0 Å². The van der Waals surface area contributed by atoms with E-state index in [-0.39, 0.29) is 11.2 Å².